The quantitative estimate of drug-likeness (QED) is 0.824. The van der Waals surface area contributed by atoms with Gasteiger partial charge in [0, 0.05) is 4.47 Å². The zero-order valence-electron chi connectivity index (χ0n) is 8.42. The van der Waals surface area contributed by atoms with Gasteiger partial charge in [0.1, 0.15) is 5.75 Å². The first-order chi connectivity index (χ1) is 6.77. The monoisotopic (exact) mass is 257 g/mol. The molecule has 14 heavy (non-hydrogen) atoms. The van der Waals surface area contributed by atoms with E-state index in [1.807, 2.05) is 12.1 Å². The molecule has 0 saturated carbocycles. The third-order valence-electron chi connectivity index (χ3n) is 2.15. The Kier molecular flexibility index (Phi) is 4.98. The minimum Gasteiger partial charge on any atom is -0.496 e. The fraction of sp³-hybridized carbons (Fsp3) is 0.455. The van der Waals surface area contributed by atoms with Crippen molar-refractivity contribution in [2.75, 3.05) is 13.7 Å². The highest BCUT2D eigenvalue weighted by molar-refractivity contribution is 9.10. The zero-order chi connectivity index (χ0) is 10.4. The van der Waals surface area contributed by atoms with Gasteiger partial charge >= 0.3 is 0 Å². The molecule has 2 N–H and O–H groups in total. The number of nitrogens with two attached hydrogens (primary N) is 1. The van der Waals surface area contributed by atoms with Crippen LogP contribution < -0.4 is 10.5 Å². The minimum absolute atomic E-state index is 0.763. The lowest BCUT2D eigenvalue weighted by molar-refractivity contribution is 0.408. The van der Waals surface area contributed by atoms with Gasteiger partial charge in [-0.2, -0.15) is 0 Å². The van der Waals surface area contributed by atoms with Crippen molar-refractivity contribution >= 4 is 15.9 Å². The Morgan fingerprint density at radius 2 is 2.14 bits per heavy atom. The molecule has 78 valence electrons. The van der Waals surface area contributed by atoms with E-state index >= 15 is 0 Å². The maximum Gasteiger partial charge on any atom is 0.123 e. The molecule has 3 heteroatoms. The standard InChI is InChI=1S/C11H16BrNO/c1-14-11-8-10(12)6-5-9(11)4-2-3-7-13/h5-6,8H,2-4,7,13H2,1H3. The van der Waals surface area contributed by atoms with Crippen LogP contribution in [-0.4, -0.2) is 13.7 Å². The van der Waals surface area contributed by atoms with Gasteiger partial charge < -0.3 is 10.5 Å². The van der Waals surface area contributed by atoms with Crippen LogP contribution in [-0.2, 0) is 6.42 Å². The van der Waals surface area contributed by atoms with E-state index in [9.17, 15) is 0 Å². The number of hydrogen-bond acceptors (Lipinski definition) is 2. The molecule has 2 nitrogen and oxygen atoms in total. The van der Waals surface area contributed by atoms with E-state index in [2.05, 4.69) is 22.0 Å². The van der Waals surface area contributed by atoms with Crippen LogP contribution in [0.25, 0.3) is 0 Å². The SMILES string of the molecule is COc1cc(Br)ccc1CCCCN. The average molecular weight is 258 g/mol. The number of benzene rings is 1. The highest BCUT2D eigenvalue weighted by Crippen LogP contribution is 2.24. The Labute approximate surface area is 93.6 Å². The Hall–Kier alpha value is -0.540. The number of halogens is 1. The Morgan fingerprint density at radius 3 is 2.79 bits per heavy atom. The number of methoxy groups -OCH3 is 1. The van der Waals surface area contributed by atoms with Crippen molar-refractivity contribution < 1.29 is 4.74 Å². The molecule has 0 aromatic heterocycles. The number of ether oxygens (including phenoxy) is 1. The first-order valence-electron chi connectivity index (χ1n) is 4.80. The molecule has 1 rings (SSSR count). The van der Waals surface area contributed by atoms with Gasteiger partial charge in [0.05, 0.1) is 7.11 Å². The molecule has 0 saturated heterocycles. The molecule has 0 amide bonds. The van der Waals surface area contributed by atoms with Crippen LogP contribution in [0.1, 0.15) is 18.4 Å². The Morgan fingerprint density at radius 1 is 1.36 bits per heavy atom. The van der Waals surface area contributed by atoms with Crippen molar-refractivity contribution in [3.05, 3.63) is 28.2 Å². The van der Waals surface area contributed by atoms with Crippen molar-refractivity contribution in [2.24, 2.45) is 5.73 Å². The van der Waals surface area contributed by atoms with Crippen LogP contribution in [0.3, 0.4) is 0 Å². The van der Waals surface area contributed by atoms with Crippen molar-refractivity contribution in [3.63, 3.8) is 0 Å². The predicted octanol–water partition coefficient (Wildman–Crippen LogP) is 2.74. The molecule has 0 fully saturated rings. The van der Waals surface area contributed by atoms with Gasteiger partial charge in [0.25, 0.3) is 0 Å². The summed E-state index contributed by atoms with van der Waals surface area (Å²) in [6.45, 7) is 0.763. The van der Waals surface area contributed by atoms with Crippen molar-refractivity contribution in [1.82, 2.24) is 0 Å². The molecular formula is C11H16BrNO. The molecule has 0 radical (unpaired) electrons. The Bertz CT molecular complexity index is 289. The predicted molar refractivity (Wildman–Crippen MR) is 62.7 cm³/mol. The summed E-state index contributed by atoms with van der Waals surface area (Å²) in [6.07, 6.45) is 3.22. The van der Waals surface area contributed by atoms with Gasteiger partial charge in [-0.25, -0.2) is 0 Å². The second kappa shape index (κ2) is 6.04. The zero-order valence-corrected chi connectivity index (χ0v) is 10.0. The first-order valence-corrected chi connectivity index (χ1v) is 5.59. The summed E-state index contributed by atoms with van der Waals surface area (Å²) in [6, 6.07) is 6.14. The second-order valence-electron chi connectivity index (χ2n) is 3.20. The number of hydrogen-bond donors (Lipinski definition) is 1. The van der Waals surface area contributed by atoms with Gasteiger partial charge in [-0.05, 0) is 43.5 Å². The molecule has 0 atom stereocenters. The number of aryl methyl sites for hydroxylation is 1. The third-order valence-corrected chi connectivity index (χ3v) is 2.64. The van der Waals surface area contributed by atoms with Crippen molar-refractivity contribution in [1.29, 1.82) is 0 Å². The van der Waals surface area contributed by atoms with Crippen LogP contribution in [0.15, 0.2) is 22.7 Å². The first kappa shape index (κ1) is 11.5. The lowest BCUT2D eigenvalue weighted by Gasteiger charge is -2.08. The van der Waals surface area contributed by atoms with E-state index in [4.69, 9.17) is 10.5 Å². The Balaban J connectivity index is 2.65. The molecular weight excluding hydrogens is 242 g/mol. The van der Waals surface area contributed by atoms with Crippen molar-refractivity contribution in [2.45, 2.75) is 19.3 Å². The van der Waals surface area contributed by atoms with Gasteiger partial charge in [0.2, 0.25) is 0 Å². The molecule has 0 unspecified atom stereocenters. The second-order valence-corrected chi connectivity index (χ2v) is 4.12. The van der Waals surface area contributed by atoms with Crippen LogP contribution in [0.5, 0.6) is 5.75 Å². The largest absolute Gasteiger partial charge is 0.496 e. The third kappa shape index (κ3) is 3.31. The molecule has 0 heterocycles. The van der Waals surface area contributed by atoms with E-state index in [1.54, 1.807) is 7.11 Å². The van der Waals surface area contributed by atoms with Crippen LogP contribution in [0.2, 0.25) is 0 Å². The number of unbranched alkanes of at least 4 members (excludes halogenated alkanes) is 1. The summed E-state index contributed by atoms with van der Waals surface area (Å²) in [4.78, 5) is 0. The summed E-state index contributed by atoms with van der Waals surface area (Å²) in [5, 5.41) is 0. The summed E-state index contributed by atoms with van der Waals surface area (Å²) < 4.78 is 6.35. The topological polar surface area (TPSA) is 35.2 Å². The average Bonchev–Trinajstić information content (AvgIpc) is 2.20. The molecule has 0 aliphatic rings. The molecule has 0 bridgehead atoms. The lowest BCUT2D eigenvalue weighted by Crippen LogP contribution is -1.99. The van der Waals surface area contributed by atoms with Crippen LogP contribution >= 0.6 is 15.9 Å². The lowest BCUT2D eigenvalue weighted by atomic mass is 10.1. The molecule has 1 aromatic rings. The summed E-state index contributed by atoms with van der Waals surface area (Å²) in [5.74, 6) is 0.955. The van der Waals surface area contributed by atoms with E-state index in [0.717, 1.165) is 36.0 Å². The van der Waals surface area contributed by atoms with Gasteiger partial charge in [0.15, 0.2) is 0 Å². The highest BCUT2D eigenvalue weighted by Gasteiger charge is 2.02. The van der Waals surface area contributed by atoms with Gasteiger partial charge in [-0.15, -0.1) is 0 Å². The maximum atomic E-state index is 5.45. The summed E-state index contributed by atoms with van der Waals surface area (Å²) in [7, 11) is 1.70. The fourth-order valence-electron chi connectivity index (χ4n) is 1.38. The molecule has 1 aromatic carbocycles. The van der Waals surface area contributed by atoms with E-state index in [0.29, 0.717) is 0 Å². The summed E-state index contributed by atoms with van der Waals surface area (Å²) in [5.41, 5.74) is 6.70. The van der Waals surface area contributed by atoms with E-state index in [1.165, 1.54) is 5.56 Å². The fourth-order valence-corrected chi connectivity index (χ4v) is 1.72. The minimum atomic E-state index is 0.763. The van der Waals surface area contributed by atoms with Gasteiger partial charge in [-0.3, -0.25) is 0 Å². The normalized spacial score (nSPS) is 10.2. The molecule has 0 aliphatic carbocycles. The van der Waals surface area contributed by atoms with E-state index < -0.39 is 0 Å². The molecule has 0 aliphatic heterocycles. The summed E-state index contributed by atoms with van der Waals surface area (Å²) >= 11 is 3.42. The van der Waals surface area contributed by atoms with Gasteiger partial charge in [-0.1, -0.05) is 22.0 Å². The maximum absolute atomic E-state index is 5.45. The molecule has 0 spiro atoms. The van der Waals surface area contributed by atoms with Crippen LogP contribution in [0, 0.1) is 0 Å². The van der Waals surface area contributed by atoms with Crippen LogP contribution in [0.4, 0.5) is 0 Å². The smallest absolute Gasteiger partial charge is 0.123 e. The highest BCUT2D eigenvalue weighted by atomic mass is 79.9. The number of rotatable bonds is 5. The van der Waals surface area contributed by atoms with Crippen molar-refractivity contribution in [3.8, 4) is 5.75 Å². The van der Waals surface area contributed by atoms with E-state index in [-0.39, 0.29) is 0 Å².